The van der Waals surface area contributed by atoms with Gasteiger partial charge < -0.3 is 19.3 Å². The number of carbonyl (C=O) groups excluding carboxylic acids is 1. The van der Waals surface area contributed by atoms with Gasteiger partial charge in [-0.15, -0.1) is 5.10 Å². The molecule has 1 aromatic heterocycles. The summed E-state index contributed by atoms with van der Waals surface area (Å²) >= 11 is 0. The van der Waals surface area contributed by atoms with E-state index in [1.165, 1.54) is 4.68 Å². The van der Waals surface area contributed by atoms with E-state index in [1.807, 2.05) is 91.9 Å². The first-order valence-electron chi connectivity index (χ1n) is 12.0. The van der Waals surface area contributed by atoms with Crippen LogP contribution < -0.4 is 0 Å². The Morgan fingerprint density at radius 1 is 0.919 bits per heavy atom. The molecule has 3 aromatic carbocycles. The van der Waals surface area contributed by atoms with Gasteiger partial charge in [0.05, 0.1) is 12.7 Å². The first-order chi connectivity index (χ1) is 18.1. The largest absolute Gasteiger partial charge is 0.485 e. The second-order valence-electron chi connectivity index (χ2n) is 8.83. The number of esters is 1. The van der Waals surface area contributed by atoms with E-state index in [1.54, 1.807) is 6.20 Å². The van der Waals surface area contributed by atoms with Crippen LogP contribution in [-0.4, -0.2) is 38.3 Å². The van der Waals surface area contributed by atoms with Crippen LogP contribution in [0.25, 0.3) is 11.3 Å². The summed E-state index contributed by atoms with van der Waals surface area (Å²) in [7, 11) is 0. The van der Waals surface area contributed by atoms with Crippen molar-refractivity contribution >= 4 is 5.97 Å². The third kappa shape index (κ3) is 5.87. The lowest BCUT2D eigenvalue weighted by molar-refractivity contribution is -0.148. The average Bonchev–Trinajstić information content (AvgIpc) is 3.51. The molecule has 0 unspecified atom stereocenters. The van der Waals surface area contributed by atoms with Crippen molar-refractivity contribution in [2.75, 3.05) is 0 Å². The quantitative estimate of drug-likeness (QED) is 0.328. The number of benzene rings is 3. The summed E-state index contributed by atoms with van der Waals surface area (Å²) in [5, 5.41) is 19.4. The Bertz CT molecular complexity index is 1370. The third-order valence-corrected chi connectivity index (χ3v) is 5.97. The van der Waals surface area contributed by atoms with Crippen LogP contribution in [-0.2, 0) is 38.8 Å². The molecule has 4 aromatic rings. The fourth-order valence-corrected chi connectivity index (χ4v) is 3.98. The zero-order chi connectivity index (χ0) is 25.6. The fourth-order valence-electron chi connectivity index (χ4n) is 3.98. The Morgan fingerprint density at radius 3 is 2.19 bits per heavy atom. The molecule has 0 spiro atoms. The maximum atomic E-state index is 12.8. The Kier molecular flexibility index (Phi) is 7.28. The number of cyclic esters (lactones) is 1. The minimum atomic E-state index is -1.14. The highest BCUT2D eigenvalue weighted by atomic mass is 16.6. The van der Waals surface area contributed by atoms with Crippen molar-refractivity contribution in [1.29, 1.82) is 0 Å². The lowest BCUT2D eigenvalue weighted by Gasteiger charge is -2.20. The van der Waals surface area contributed by atoms with E-state index < -0.39 is 18.2 Å². The van der Waals surface area contributed by atoms with Crippen molar-refractivity contribution < 1.29 is 24.1 Å². The Morgan fingerprint density at radius 2 is 1.54 bits per heavy atom. The summed E-state index contributed by atoms with van der Waals surface area (Å²) in [6, 6.07) is 27.0. The molecule has 2 heterocycles. The fraction of sp³-hybridized carbons (Fsp3) is 0.207. The van der Waals surface area contributed by atoms with Crippen LogP contribution in [0, 0.1) is 6.92 Å². The molecular formula is C29H27N3O5. The number of hydrogen-bond acceptors (Lipinski definition) is 7. The number of aromatic nitrogens is 3. The van der Waals surface area contributed by atoms with Crippen molar-refractivity contribution in [2.45, 2.75) is 38.9 Å². The molecule has 2 atom stereocenters. The van der Waals surface area contributed by atoms with Crippen LogP contribution in [0.2, 0.25) is 0 Å². The lowest BCUT2D eigenvalue weighted by atomic mass is 10.1. The summed E-state index contributed by atoms with van der Waals surface area (Å²) in [4.78, 5) is 12.8. The number of carbonyl (C=O) groups is 1. The molecule has 0 amide bonds. The van der Waals surface area contributed by atoms with Crippen molar-refractivity contribution in [3.8, 4) is 11.3 Å². The molecule has 1 aliphatic rings. The minimum Gasteiger partial charge on any atom is -0.485 e. The second-order valence-corrected chi connectivity index (χ2v) is 8.83. The second kappa shape index (κ2) is 11.1. The van der Waals surface area contributed by atoms with E-state index in [0.717, 1.165) is 22.3 Å². The molecule has 0 fully saturated rings. The van der Waals surface area contributed by atoms with E-state index in [2.05, 4.69) is 10.3 Å². The predicted molar refractivity (Wildman–Crippen MR) is 136 cm³/mol. The number of nitrogens with zero attached hydrogens (tertiary/aromatic N) is 3. The summed E-state index contributed by atoms with van der Waals surface area (Å²) < 4.78 is 18.9. The maximum Gasteiger partial charge on any atom is 0.378 e. The number of aliphatic hydroxyl groups excluding tert-OH is 1. The van der Waals surface area contributed by atoms with Crippen molar-refractivity contribution in [2.24, 2.45) is 0 Å². The van der Waals surface area contributed by atoms with Crippen LogP contribution in [0.4, 0.5) is 0 Å². The van der Waals surface area contributed by atoms with Crippen molar-refractivity contribution in [1.82, 2.24) is 15.0 Å². The van der Waals surface area contributed by atoms with Gasteiger partial charge in [0.25, 0.3) is 0 Å². The van der Waals surface area contributed by atoms with Crippen LogP contribution in [0.15, 0.2) is 103 Å². The van der Waals surface area contributed by atoms with Crippen LogP contribution >= 0.6 is 0 Å². The van der Waals surface area contributed by atoms with Crippen molar-refractivity contribution in [3.63, 3.8) is 0 Å². The Labute approximate surface area is 214 Å². The molecule has 0 saturated heterocycles. The minimum absolute atomic E-state index is 0.0391. The molecule has 0 aliphatic carbocycles. The summed E-state index contributed by atoms with van der Waals surface area (Å²) in [5.74, 6) is -0.555. The monoisotopic (exact) mass is 497 g/mol. The number of ether oxygens (including phenoxy) is 3. The Balaban J connectivity index is 1.34. The standard InChI is InChI=1S/C29H27N3O5/c1-20-12-14-23(15-13-20)24-16-32(31-30-24)17-25(33)26-27(35-18-21-8-4-2-5-9-21)28(29(34)37-26)36-19-22-10-6-3-7-11-22/h2-16,25-26,33H,17-19H2,1H3/t25-,26+/m0/s1. The van der Waals surface area contributed by atoms with E-state index >= 15 is 0 Å². The van der Waals surface area contributed by atoms with Crippen LogP contribution in [0.5, 0.6) is 0 Å². The molecule has 8 heteroatoms. The van der Waals surface area contributed by atoms with Crippen LogP contribution in [0.3, 0.4) is 0 Å². The molecule has 0 saturated carbocycles. The first kappa shape index (κ1) is 24.3. The lowest BCUT2D eigenvalue weighted by Crippen LogP contribution is -2.33. The highest BCUT2D eigenvalue weighted by Crippen LogP contribution is 2.30. The zero-order valence-corrected chi connectivity index (χ0v) is 20.4. The molecule has 0 bridgehead atoms. The predicted octanol–water partition coefficient (Wildman–Crippen LogP) is 4.19. The average molecular weight is 498 g/mol. The summed E-state index contributed by atoms with van der Waals surface area (Å²) in [6.07, 6.45) is -0.444. The maximum absolute atomic E-state index is 12.8. The summed E-state index contributed by atoms with van der Waals surface area (Å²) in [6.45, 7) is 2.41. The molecule has 37 heavy (non-hydrogen) atoms. The number of rotatable bonds is 10. The molecule has 1 N–H and O–H groups in total. The van der Waals surface area contributed by atoms with Gasteiger partial charge in [0.15, 0.2) is 11.9 Å². The molecule has 5 rings (SSSR count). The zero-order valence-electron chi connectivity index (χ0n) is 20.4. The SMILES string of the molecule is Cc1ccc(-c2cn(C[C@H](O)[C@H]3OC(=O)C(OCc4ccccc4)=C3OCc3ccccc3)nn2)cc1. The smallest absolute Gasteiger partial charge is 0.378 e. The van der Waals surface area contributed by atoms with Gasteiger partial charge in [-0.2, -0.15) is 0 Å². The van der Waals surface area contributed by atoms with E-state index in [4.69, 9.17) is 14.2 Å². The van der Waals surface area contributed by atoms with Crippen molar-refractivity contribution in [3.05, 3.63) is 119 Å². The van der Waals surface area contributed by atoms with E-state index in [0.29, 0.717) is 5.69 Å². The van der Waals surface area contributed by atoms with Gasteiger partial charge in [0.1, 0.15) is 25.0 Å². The molecular weight excluding hydrogens is 470 g/mol. The number of aliphatic hydroxyl groups is 1. The van der Waals surface area contributed by atoms with Gasteiger partial charge in [0.2, 0.25) is 5.76 Å². The normalized spacial score (nSPS) is 15.9. The summed E-state index contributed by atoms with van der Waals surface area (Å²) in [5.41, 5.74) is 4.54. The van der Waals surface area contributed by atoms with Gasteiger partial charge in [0, 0.05) is 5.56 Å². The van der Waals surface area contributed by atoms with Gasteiger partial charge in [-0.25, -0.2) is 9.48 Å². The highest BCUT2D eigenvalue weighted by molar-refractivity contribution is 5.89. The molecule has 0 radical (unpaired) electrons. The Hall–Kier alpha value is -4.43. The van der Waals surface area contributed by atoms with E-state index in [9.17, 15) is 9.90 Å². The molecule has 188 valence electrons. The first-order valence-corrected chi connectivity index (χ1v) is 12.0. The molecule has 8 nitrogen and oxygen atoms in total. The van der Waals surface area contributed by atoms with Gasteiger partial charge in [-0.1, -0.05) is 95.7 Å². The van der Waals surface area contributed by atoms with E-state index in [-0.39, 0.29) is 31.3 Å². The molecule has 1 aliphatic heterocycles. The topological polar surface area (TPSA) is 95.7 Å². The van der Waals surface area contributed by atoms with Crippen LogP contribution in [0.1, 0.15) is 16.7 Å². The van der Waals surface area contributed by atoms with Gasteiger partial charge in [-0.05, 0) is 18.1 Å². The number of hydrogen-bond donors (Lipinski definition) is 1. The third-order valence-electron chi connectivity index (χ3n) is 5.97. The number of aryl methyl sites for hydroxylation is 1. The van der Waals surface area contributed by atoms with Gasteiger partial charge >= 0.3 is 5.97 Å². The highest BCUT2D eigenvalue weighted by Gasteiger charge is 2.42. The van der Waals surface area contributed by atoms with Gasteiger partial charge in [-0.3, -0.25) is 0 Å².